The van der Waals surface area contributed by atoms with Gasteiger partial charge in [-0.3, -0.25) is 13.8 Å². The Labute approximate surface area is 283 Å². The lowest BCUT2D eigenvalue weighted by atomic mass is 9.73. The Balaban J connectivity index is 1.90. The van der Waals surface area contributed by atoms with Crippen LogP contribution in [0.2, 0.25) is 0 Å². The van der Waals surface area contributed by atoms with Crippen molar-refractivity contribution in [1.82, 2.24) is 4.98 Å². The number of Topliss-reactive ketones (excluding diaryl/α,β-unsaturated/α-hetero) is 1. The molecule has 4 unspecified atom stereocenters. The van der Waals surface area contributed by atoms with Crippen LogP contribution in [0.15, 0.2) is 63.9 Å². The second-order valence-corrected chi connectivity index (χ2v) is 15.2. The number of carbonyl (C=O) groups is 2. The van der Waals surface area contributed by atoms with Gasteiger partial charge in [-0.25, -0.2) is 4.98 Å². The number of aryl methyl sites for hydroxylation is 1. The number of hydrogen-bond acceptors (Lipinski definition) is 10. The van der Waals surface area contributed by atoms with Crippen LogP contribution in [-0.4, -0.2) is 59.9 Å². The van der Waals surface area contributed by atoms with Crippen molar-refractivity contribution in [1.29, 1.82) is 0 Å². The zero-order chi connectivity index (χ0) is 36.0. The number of cyclic esters (lactones) is 1. The second kappa shape index (κ2) is 16.0. The first-order valence-electron chi connectivity index (χ1n) is 15.3. The molecule has 1 aromatic heterocycles. The lowest BCUT2D eigenvalue weighted by Gasteiger charge is -2.34. The Morgan fingerprint density at radius 3 is 2.44 bits per heavy atom. The Morgan fingerprint density at radius 1 is 1.17 bits per heavy atom. The molecule has 2 heterocycles. The molecule has 1 aromatic carbocycles. The van der Waals surface area contributed by atoms with Crippen molar-refractivity contribution in [2.75, 3.05) is 0 Å². The Kier molecular flexibility index (Phi) is 13.1. The zero-order valence-corrected chi connectivity index (χ0v) is 29.3. The summed E-state index contributed by atoms with van der Waals surface area (Å²) in [5.74, 6) is -3.10. The molecule has 0 spiro atoms. The highest BCUT2D eigenvalue weighted by atomic mass is 32.2. The van der Waals surface area contributed by atoms with Gasteiger partial charge in [0.05, 0.1) is 34.6 Å². The maximum absolute atomic E-state index is 14.0. The molecule has 1 aliphatic heterocycles. The predicted octanol–water partition coefficient (Wildman–Crippen LogP) is 6.49. The summed E-state index contributed by atoms with van der Waals surface area (Å²) in [7, 11) is -4.05. The van der Waals surface area contributed by atoms with Gasteiger partial charge in [0, 0.05) is 29.2 Å². The number of ether oxygens (including phenoxy) is 1. The summed E-state index contributed by atoms with van der Waals surface area (Å²) in [4.78, 5) is 30.6. The molecule has 0 radical (unpaired) electrons. The van der Waals surface area contributed by atoms with Crippen LogP contribution in [-0.2, 0) is 35.2 Å². The van der Waals surface area contributed by atoms with Crippen molar-refractivity contribution in [3.05, 3.63) is 75.3 Å². The van der Waals surface area contributed by atoms with Crippen LogP contribution in [0, 0.1) is 24.2 Å². The van der Waals surface area contributed by atoms with Gasteiger partial charge < -0.3 is 14.9 Å². The van der Waals surface area contributed by atoms with Crippen LogP contribution in [0.25, 0.3) is 6.08 Å². The first kappa shape index (κ1) is 39.3. The van der Waals surface area contributed by atoms with Gasteiger partial charge in [0.15, 0.2) is 0 Å². The molecule has 48 heavy (non-hydrogen) atoms. The van der Waals surface area contributed by atoms with Gasteiger partial charge in [-0.2, -0.15) is 21.6 Å². The standard InChI is InChI=1S/C34H42F3NO8S2/c1-20-10-13-26(14-11-20)48(43,44)45-18-29-38-25(19-47-29)16-22(3)27-15-12-24(34(35,36)37)9-7-8-21(2)31(41)23(4)32(42)33(5,6)28(39)17-30(40)46-27/h7-8,10-14,16,19,21,23,27-28,31,39,41H,9,15,17-18H2,1-6H3/b8-7+,22-16+,24-12+/t21?,23?,27?,28-,31?/m0/s1. The molecular formula is C34H42F3NO8S2. The van der Waals surface area contributed by atoms with E-state index in [0.717, 1.165) is 23.0 Å². The minimum atomic E-state index is -4.70. The van der Waals surface area contributed by atoms with E-state index < -0.39 is 82.0 Å². The third-order valence-electron chi connectivity index (χ3n) is 8.39. The van der Waals surface area contributed by atoms with Crippen molar-refractivity contribution in [3.8, 4) is 0 Å². The Hall–Kier alpha value is -3.17. The van der Waals surface area contributed by atoms with E-state index in [9.17, 15) is 41.4 Å². The smallest absolute Gasteiger partial charge is 0.412 e. The van der Waals surface area contributed by atoms with Crippen LogP contribution in [0.1, 0.15) is 70.1 Å². The normalized spacial score (nSPS) is 27.2. The average Bonchev–Trinajstić information content (AvgIpc) is 3.45. The summed E-state index contributed by atoms with van der Waals surface area (Å²) in [6.07, 6.45) is -4.99. The summed E-state index contributed by atoms with van der Waals surface area (Å²) in [5.41, 5.74) is -0.794. The summed E-state index contributed by atoms with van der Waals surface area (Å²) in [6.45, 7) is 8.97. The summed E-state index contributed by atoms with van der Waals surface area (Å²) < 4.78 is 77.8. The number of ketones is 1. The fraction of sp³-hybridized carbons (Fsp3) is 0.500. The molecule has 2 aromatic rings. The van der Waals surface area contributed by atoms with Crippen molar-refractivity contribution >= 4 is 39.3 Å². The van der Waals surface area contributed by atoms with E-state index in [1.54, 1.807) is 31.4 Å². The van der Waals surface area contributed by atoms with Gasteiger partial charge in [-0.1, -0.05) is 63.6 Å². The number of allylic oxidation sites excluding steroid dienone is 2. The molecule has 1 aliphatic rings. The zero-order valence-electron chi connectivity index (χ0n) is 27.7. The summed E-state index contributed by atoms with van der Waals surface area (Å²) in [5, 5.41) is 23.5. The number of thiazole rings is 1. The minimum Gasteiger partial charge on any atom is -0.457 e. The molecule has 0 amide bonds. The number of aliphatic hydroxyl groups excluding tert-OH is 2. The molecule has 0 saturated heterocycles. The Bertz CT molecular complexity index is 1640. The predicted molar refractivity (Wildman–Crippen MR) is 175 cm³/mol. The van der Waals surface area contributed by atoms with Crippen molar-refractivity contribution in [2.45, 2.75) is 96.8 Å². The molecule has 0 fully saturated rings. The number of benzene rings is 1. The van der Waals surface area contributed by atoms with E-state index in [1.807, 2.05) is 6.92 Å². The third-order valence-corrected chi connectivity index (χ3v) is 10.5. The number of esters is 1. The van der Waals surface area contributed by atoms with Crippen molar-refractivity contribution in [2.24, 2.45) is 17.3 Å². The number of aromatic nitrogens is 1. The highest BCUT2D eigenvalue weighted by molar-refractivity contribution is 7.86. The molecule has 5 atom stereocenters. The summed E-state index contributed by atoms with van der Waals surface area (Å²) in [6, 6.07) is 6.14. The highest BCUT2D eigenvalue weighted by Crippen LogP contribution is 2.33. The molecule has 0 saturated carbocycles. The first-order chi connectivity index (χ1) is 22.2. The highest BCUT2D eigenvalue weighted by Gasteiger charge is 2.42. The van der Waals surface area contributed by atoms with Gasteiger partial charge in [0.1, 0.15) is 23.5 Å². The third kappa shape index (κ3) is 10.4. The van der Waals surface area contributed by atoms with Gasteiger partial charge in [-0.15, -0.1) is 11.3 Å². The quantitative estimate of drug-likeness (QED) is 0.195. The Morgan fingerprint density at radius 2 is 1.81 bits per heavy atom. The maximum atomic E-state index is 14.0. The van der Waals surface area contributed by atoms with Crippen LogP contribution in [0.3, 0.4) is 0 Å². The van der Waals surface area contributed by atoms with E-state index in [4.69, 9.17) is 8.92 Å². The van der Waals surface area contributed by atoms with E-state index in [-0.39, 0.29) is 17.9 Å². The topological polar surface area (TPSA) is 140 Å². The lowest BCUT2D eigenvalue weighted by molar-refractivity contribution is -0.154. The molecule has 9 nitrogen and oxygen atoms in total. The minimum absolute atomic E-state index is 0.0105. The molecular weight excluding hydrogens is 672 g/mol. The fourth-order valence-electron chi connectivity index (χ4n) is 5.08. The molecule has 0 aliphatic carbocycles. The number of rotatable bonds is 6. The SMILES string of the molecule is C/C(=C\c1csc(COS(=O)(=O)c2ccc(C)cc2)n1)C1C/C=C(/C(F)(F)F)C/C=C/C(C)C(O)C(C)C(=O)C(C)(C)[C@@H](O)CC(=O)O1. The number of halogens is 3. The number of hydrogen-bond donors (Lipinski definition) is 2. The largest absolute Gasteiger partial charge is 0.457 e. The van der Waals surface area contributed by atoms with Gasteiger partial charge in [0.25, 0.3) is 10.1 Å². The number of nitrogens with zero attached hydrogens (tertiary/aromatic N) is 1. The average molecular weight is 714 g/mol. The van der Waals surface area contributed by atoms with E-state index >= 15 is 0 Å². The number of carbonyl (C=O) groups excluding carboxylic acids is 2. The first-order valence-corrected chi connectivity index (χ1v) is 17.6. The lowest BCUT2D eigenvalue weighted by Crippen LogP contribution is -2.45. The molecule has 14 heteroatoms. The number of alkyl halides is 3. The number of aliphatic hydroxyl groups is 2. The van der Waals surface area contributed by atoms with E-state index in [1.165, 1.54) is 51.1 Å². The molecule has 3 rings (SSSR count). The van der Waals surface area contributed by atoms with E-state index in [2.05, 4.69) is 4.98 Å². The van der Waals surface area contributed by atoms with Gasteiger partial charge in [-0.05, 0) is 44.1 Å². The molecule has 0 bridgehead atoms. The van der Waals surface area contributed by atoms with Crippen LogP contribution in [0.4, 0.5) is 13.2 Å². The summed E-state index contributed by atoms with van der Waals surface area (Å²) >= 11 is 1.10. The van der Waals surface area contributed by atoms with Gasteiger partial charge >= 0.3 is 12.1 Å². The maximum Gasteiger partial charge on any atom is 0.412 e. The molecule has 2 N–H and O–H groups in total. The van der Waals surface area contributed by atoms with Crippen molar-refractivity contribution < 1.29 is 50.3 Å². The van der Waals surface area contributed by atoms with Gasteiger partial charge in [0.2, 0.25) is 0 Å². The van der Waals surface area contributed by atoms with Crippen LogP contribution >= 0.6 is 11.3 Å². The van der Waals surface area contributed by atoms with Crippen LogP contribution in [0.5, 0.6) is 0 Å². The monoisotopic (exact) mass is 713 g/mol. The van der Waals surface area contributed by atoms with Crippen molar-refractivity contribution in [3.63, 3.8) is 0 Å². The van der Waals surface area contributed by atoms with Crippen LogP contribution < -0.4 is 0 Å². The fourth-order valence-corrected chi connectivity index (χ4v) is 6.69. The molecule has 264 valence electrons. The van der Waals surface area contributed by atoms with E-state index in [0.29, 0.717) is 16.3 Å². The second-order valence-electron chi connectivity index (χ2n) is 12.6.